The number of nitrogens with one attached hydrogen (secondary N) is 1. The molecule has 0 unspecified atom stereocenters. The standard InChI is InChI=1S/C16H16ClNO2S2/c1-9(2)20-16(19)12-8-11(4-5-13(12)17)18-15(21)14-10(3)6-7-22-14/h4-9H,1-3H3,(H,18,21). The van der Waals surface area contributed by atoms with Crippen molar-refractivity contribution in [1.82, 2.24) is 0 Å². The van der Waals surface area contributed by atoms with Crippen molar-refractivity contribution >= 4 is 51.8 Å². The fourth-order valence-electron chi connectivity index (χ4n) is 1.83. The van der Waals surface area contributed by atoms with Crippen LogP contribution in [0.15, 0.2) is 29.6 Å². The van der Waals surface area contributed by atoms with Crippen molar-refractivity contribution in [1.29, 1.82) is 0 Å². The summed E-state index contributed by atoms with van der Waals surface area (Å²) in [6.07, 6.45) is -0.199. The van der Waals surface area contributed by atoms with E-state index in [4.69, 9.17) is 28.6 Å². The largest absolute Gasteiger partial charge is 0.459 e. The SMILES string of the molecule is Cc1ccsc1C(=S)Nc1ccc(Cl)c(C(=O)OC(C)C)c1. The maximum Gasteiger partial charge on any atom is 0.339 e. The summed E-state index contributed by atoms with van der Waals surface area (Å²) >= 11 is 13.1. The van der Waals surface area contributed by atoms with Gasteiger partial charge in [-0.1, -0.05) is 23.8 Å². The van der Waals surface area contributed by atoms with E-state index in [1.165, 1.54) is 0 Å². The Hall–Kier alpha value is -1.43. The van der Waals surface area contributed by atoms with Gasteiger partial charge in [-0.25, -0.2) is 4.79 Å². The van der Waals surface area contributed by atoms with E-state index in [2.05, 4.69) is 5.32 Å². The predicted octanol–water partition coefficient (Wildman–Crippen LogP) is 5.06. The maximum absolute atomic E-state index is 12.0. The van der Waals surface area contributed by atoms with E-state index >= 15 is 0 Å². The molecule has 0 saturated carbocycles. The van der Waals surface area contributed by atoms with Crippen molar-refractivity contribution in [2.24, 2.45) is 0 Å². The summed E-state index contributed by atoms with van der Waals surface area (Å²) in [6, 6.07) is 7.11. The van der Waals surface area contributed by atoms with Gasteiger partial charge in [-0.05, 0) is 56.0 Å². The molecule has 1 heterocycles. The van der Waals surface area contributed by atoms with Gasteiger partial charge in [-0.2, -0.15) is 0 Å². The molecule has 116 valence electrons. The summed E-state index contributed by atoms with van der Waals surface area (Å²) in [6.45, 7) is 5.60. The van der Waals surface area contributed by atoms with Crippen LogP contribution >= 0.6 is 35.2 Å². The minimum Gasteiger partial charge on any atom is -0.459 e. The molecular formula is C16H16ClNO2S2. The average molecular weight is 354 g/mol. The highest BCUT2D eigenvalue weighted by molar-refractivity contribution is 7.81. The van der Waals surface area contributed by atoms with Crippen LogP contribution in [0.2, 0.25) is 5.02 Å². The van der Waals surface area contributed by atoms with Crippen LogP contribution < -0.4 is 5.32 Å². The van der Waals surface area contributed by atoms with Gasteiger partial charge in [0.25, 0.3) is 0 Å². The Morgan fingerprint density at radius 3 is 2.68 bits per heavy atom. The van der Waals surface area contributed by atoms with E-state index in [1.54, 1.807) is 43.4 Å². The van der Waals surface area contributed by atoms with Gasteiger partial charge >= 0.3 is 5.97 Å². The van der Waals surface area contributed by atoms with Gasteiger partial charge in [0, 0.05) is 5.69 Å². The second-order valence-electron chi connectivity index (χ2n) is 5.04. The van der Waals surface area contributed by atoms with Crippen molar-refractivity contribution in [3.8, 4) is 0 Å². The van der Waals surface area contributed by atoms with Crippen LogP contribution in [0.4, 0.5) is 5.69 Å². The van der Waals surface area contributed by atoms with Crippen LogP contribution in [0, 0.1) is 6.92 Å². The molecule has 0 atom stereocenters. The minimum absolute atomic E-state index is 0.199. The van der Waals surface area contributed by atoms with Crippen molar-refractivity contribution < 1.29 is 9.53 Å². The summed E-state index contributed by atoms with van der Waals surface area (Å²) in [5.41, 5.74) is 2.15. The van der Waals surface area contributed by atoms with Crippen LogP contribution in [0.5, 0.6) is 0 Å². The Balaban J connectivity index is 2.21. The molecule has 2 aromatic rings. The third-order valence-corrected chi connectivity index (χ3v) is 4.65. The molecule has 0 aliphatic heterocycles. The molecule has 0 radical (unpaired) electrons. The normalized spacial score (nSPS) is 10.6. The quantitative estimate of drug-likeness (QED) is 0.615. The first-order valence-electron chi connectivity index (χ1n) is 6.74. The molecular weight excluding hydrogens is 338 g/mol. The molecule has 22 heavy (non-hydrogen) atoms. The molecule has 0 aliphatic carbocycles. The molecule has 1 N–H and O–H groups in total. The first-order valence-corrected chi connectivity index (χ1v) is 8.41. The zero-order chi connectivity index (χ0) is 16.3. The van der Waals surface area contributed by atoms with Gasteiger partial charge in [0.15, 0.2) is 0 Å². The van der Waals surface area contributed by atoms with Gasteiger partial charge in [-0.3, -0.25) is 0 Å². The van der Waals surface area contributed by atoms with Crippen molar-refractivity contribution in [3.05, 3.63) is 50.7 Å². The number of ether oxygens (including phenoxy) is 1. The van der Waals surface area contributed by atoms with Gasteiger partial charge in [0.2, 0.25) is 0 Å². The number of halogens is 1. The average Bonchev–Trinajstić information content (AvgIpc) is 2.86. The monoisotopic (exact) mass is 353 g/mol. The lowest BCUT2D eigenvalue weighted by Crippen LogP contribution is -2.14. The van der Waals surface area contributed by atoms with Gasteiger partial charge in [0.1, 0.15) is 4.99 Å². The number of thiocarbonyl (C=S) groups is 1. The molecule has 0 fully saturated rings. The third kappa shape index (κ3) is 4.06. The zero-order valence-electron chi connectivity index (χ0n) is 12.5. The van der Waals surface area contributed by atoms with E-state index in [-0.39, 0.29) is 6.10 Å². The topological polar surface area (TPSA) is 38.3 Å². The Bertz CT molecular complexity index is 710. The van der Waals surface area contributed by atoms with Crippen LogP contribution in [0.1, 0.15) is 34.6 Å². The maximum atomic E-state index is 12.0. The smallest absolute Gasteiger partial charge is 0.339 e. The lowest BCUT2D eigenvalue weighted by atomic mass is 10.2. The van der Waals surface area contributed by atoms with Crippen LogP contribution in [-0.4, -0.2) is 17.1 Å². The van der Waals surface area contributed by atoms with Gasteiger partial charge < -0.3 is 10.1 Å². The van der Waals surface area contributed by atoms with E-state index in [9.17, 15) is 4.79 Å². The number of hydrogen-bond acceptors (Lipinski definition) is 4. The minimum atomic E-state index is -0.443. The second kappa shape index (κ2) is 7.22. The number of carbonyl (C=O) groups is 1. The summed E-state index contributed by atoms with van der Waals surface area (Å²) in [4.78, 5) is 13.7. The number of carbonyl (C=O) groups excluding carboxylic acids is 1. The molecule has 0 aliphatic rings. The summed E-state index contributed by atoms with van der Waals surface area (Å²) in [5, 5.41) is 5.48. The van der Waals surface area contributed by atoms with E-state index in [1.807, 2.05) is 18.4 Å². The zero-order valence-corrected chi connectivity index (χ0v) is 14.9. The number of thiophene rings is 1. The van der Waals surface area contributed by atoms with Crippen LogP contribution in [0.25, 0.3) is 0 Å². The van der Waals surface area contributed by atoms with E-state index in [0.717, 1.165) is 10.4 Å². The van der Waals surface area contributed by atoms with E-state index in [0.29, 0.717) is 21.3 Å². The van der Waals surface area contributed by atoms with Crippen molar-refractivity contribution in [2.45, 2.75) is 26.9 Å². The number of anilines is 1. The molecule has 0 bridgehead atoms. The number of rotatable bonds is 4. The van der Waals surface area contributed by atoms with Crippen LogP contribution in [-0.2, 0) is 4.74 Å². The Labute approximate surface area is 144 Å². The molecule has 0 saturated heterocycles. The summed E-state index contributed by atoms with van der Waals surface area (Å²) in [7, 11) is 0. The molecule has 2 rings (SSSR count). The number of esters is 1. The number of aryl methyl sites for hydroxylation is 1. The van der Waals surface area contributed by atoms with Gasteiger partial charge in [-0.15, -0.1) is 11.3 Å². The second-order valence-corrected chi connectivity index (χ2v) is 6.77. The Morgan fingerprint density at radius 2 is 2.09 bits per heavy atom. The van der Waals surface area contributed by atoms with E-state index < -0.39 is 5.97 Å². The predicted molar refractivity (Wildman–Crippen MR) is 96.4 cm³/mol. The third-order valence-electron chi connectivity index (χ3n) is 2.86. The summed E-state index contributed by atoms with van der Waals surface area (Å²) < 4.78 is 5.19. The number of benzene rings is 1. The van der Waals surface area contributed by atoms with Crippen LogP contribution in [0.3, 0.4) is 0 Å². The molecule has 6 heteroatoms. The fraction of sp³-hybridized carbons (Fsp3) is 0.250. The molecule has 3 nitrogen and oxygen atoms in total. The highest BCUT2D eigenvalue weighted by Crippen LogP contribution is 2.24. The lowest BCUT2D eigenvalue weighted by Gasteiger charge is -2.12. The highest BCUT2D eigenvalue weighted by atomic mass is 35.5. The molecule has 1 aromatic carbocycles. The molecule has 0 amide bonds. The van der Waals surface area contributed by atoms with Gasteiger partial charge in [0.05, 0.1) is 21.6 Å². The first kappa shape index (κ1) is 16.9. The van der Waals surface area contributed by atoms with Crippen molar-refractivity contribution in [3.63, 3.8) is 0 Å². The number of hydrogen-bond donors (Lipinski definition) is 1. The Morgan fingerprint density at radius 1 is 1.36 bits per heavy atom. The first-order chi connectivity index (χ1) is 10.4. The van der Waals surface area contributed by atoms with Crippen molar-refractivity contribution in [2.75, 3.05) is 5.32 Å². The molecule has 0 spiro atoms. The highest BCUT2D eigenvalue weighted by Gasteiger charge is 2.15. The Kier molecular flexibility index (Phi) is 5.56. The lowest BCUT2D eigenvalue weighted by molar-refractivity contribution is 0.0378. The fourth-order valence-corrected chi connectivity index (χ4v) is 3.27. The summed E-state index contributed by atoms with van der Waals surface area (Å²) in [5.74, 6) is -0.443. The molecule has 1 aromatic heterocycles.